The largest absolute Gasteiger partial charge is 0.497 e. The summed E-state index contributed by atoms with van der Waals surface area (Å²) >= 11 is 0. The molecule has 246 valence electrons. The molecule has 0 radical (unpaired) electrons. The third kappa shape index (κ3) is 9.18. The SMILES string of the molecule is COc1cccc([C@@H]2OC(c3ccc(OCCCO)cc3)=N[C@]2(CCC(=O)OC(C)(C)C)C(=O)NNCC2(O)CCCCC2)c1. The molecule has 1 heterocycles. The van der Waals surface area contributed by atoms with E-state index in [0.717, 1.165) is 19.3 Å². The summed E-state index contributed by atoms with van der Waals surface area (Å²) in [7, 11) is 1.56. The maximum Gasteiger partial charge on any atom is 0.306 e. The number of carbonyl (C=O) groups excluding carboxylic acids is 2. The third-order valence-electron chi connectivity index (χ3n) is 7.96. The smallest absolute Gasteiger partial charge is 0.306 e. The molecule has 4 rings (SSSR count). The predicted octanol–water partition coefficient (Wildman–Crippen LogP) is 4.15. The Bertz CT molecular complexity index is 1320. The van der Waals surface area contributed by atoms with Crippen LogP contribution in [0, 0.1) is 0 Å². The van der Waals surface area contributed by atoms with Gasteiger partial charge in [-0.3, -0.25) is 15.0 Å². The number of hydrogen-bond acceptors (Lipinski definition) is 10. The summed E-state index contributed by atoms with van der Waals surface area (Å²) in [5.41, 5.74) is 3.82. The minimum absolute atomic E-state index is 0.00652. The van der Waals surface area contributed by atoms with Crippen molar-refractivity contribution in [1.82, 2.24) is 10.9 Å². The van der Waals surface area contributed by atoms with Crippen LogP contribution >= 0.6 is 0 Å². The van der Waals surface area contributed by atoms with Crippen molar-refractivity contribution >= 4 is 17.8 Å². The van der Waals surface area contributed by atoms with E-state index in [9.17, 15) is 14.7 Å². The van der Waals surface area contributed by atoms with Crippen LogP contribution in [0.15, 0.2) is 53.5 Å². The van der Waals surface area contributed by atoms with Crippen LogP contribution in [-0.2, 0) is 19.1 Å². The molecule has 4 N–H and O–H groups in total. The maximum atomic E-state index is 14.3. The number of esters is 1. The van der Waals surface area contributed by atoms with E-state index in [1.54, 1.807) is 70.3 Å². The lowest BCUT2D eigenvalue weighted by Crippen LogP contribution is -2.56. The van der Waals surface area contributed by atoms with Crippen molar-refractivity contribution in [3.8, 4) is 11.5 Å². The first-order chi connectivity index (χ1) is 21.5. The summed E-state index contributed by atoms with van der Waals surface area (Å²) in [5, 5.41) is 20.0. The molecule has 2 aliphatic rings. The Morgan fingerprint density at radius 2 is 1.80 bits per heavy atom. The number of carbonyl (C=O) groups is 2. The van der Waals surface area contributed by atoms with Gasteiger partial charge in [0.2, 0.25) is 5.90 Å². The highest BCUT2D eigenvalue weighted by atomic mass is 16.6. The molecule has 0 aromatic heterocycles. The van der Waals surface area contributed by atoms with Crippen LogP contribution in [0.25, 0.3) is 0 Å². The molecule has 0 unspecified atom stereocenters. The lowest BCUT2D eigenvalue weighted by Gasteiger charge is -2.34. The quantitative estimate of drug-likeness (QED) is 0.138. The van der Waals surface area contributed by atoms with Crippen LogP contribution in [0.3, 0.4) is 0 Å². The van der Waals surface area contributed by atoms with Crippen molar-refractivity contribution in [2.45, 2.75) is 95.0 Å². The summed E-state index contributed by atoms with van der Waals surface area (Å²) in [5.74, 6) is 0.464. The van der Waals surface area contributed by atoms with Crippen molar-refractivity contribution in [2.75, 3.05) is 26.9 Å². The van der Waals surface area contributed by atoms with E-state index in [-0.39, 0.29) is 31.9 Å². The first-order valence-corrected chi connectivity index (χ1v) is 15.7. The second-order valence-corrected chi connectivity index (χ2v) is 12.7. The van der Waals surface area contributed by atoms with Gasteiger partial charge < -0.3 is 29.2 Å². The van der Waals surface area contributed by atoms with Crippen molar-refractivity contribution in [2.24, 2.45) is 4.99 Å². The minimum atomic E-state index is -1.57. The van der Waals surface area contributed by atoms with Gasteiger partial charge in [0.25, 0.3) is 5.91 Å². The zero-order valence-corrected chi connectivity index (χ0v) is 26.8. The zero-order chi connectivity index (χ0) is 32.5. The topological polar surface area (TPSA) is 148 Å². The number of hydrogen-bond donors (Lipinski definition) is 4. The first-order valence-electron chi connectivity index (χ1n) is 15.7. The lowest BCUT2D eigenvalue weighted by atomic mass is 9.83. The monoisotopic (exact) mass is 625 g/mol. The predicted molar refractivity (Wildman–Crippen MR) is 169 cm³/mol. The van der Waals surface area contributed by atoms with E-state index >= 15 is 0 Å². The van der Waals surface area contributed by atoms with E-state index in [0.29, 0.717) is 48.5 Å². The number of hydrazine groups is 1. The fraction of sp³-hybridized carbons (Fsp3) is 0.559. The summed E-state index contributed by atoms with van der Waals surface area (Å²) in [4.78, 5) is 32.1. The number of rotatable bonds is 14. The van der Waals surface area contributed by atoms with Crippen LogP contribution in [0.5, 0.6) is 11.5 Å². The number of nitrogens with one attached hydrogen (secondary N) is 2. The van der Waals surface area contributed by atoms with Gasteiger partial charge in [-0.15, -0.1) is 0 Å². The molecule has 1 saturated carbocycles. The van der Waals surface area contributed by atoms with Gasteiger partial charge in [0.1, 0.15) is 17.1 Å². The van der Waals surface area contributed by atoms with Crippen molar-refractivity contribution < 1.29 is 38.7 Å². The number of methoxy groups -OCH3 is 1. The Labute approximate surface area is 265 Å². The molecular formula is C34H47N3O8. The van der Waals surface area contributed by atoms with Gasteiger partial charge in [0.05, 0.1) is 19.3 Å². The maximum absolute atomic E-state index is 14.3. The van der Waals surface area contributed by atoms with Gasteiger partial charge >= 0.3 is 5.97 Å². The fourth-order valence-electron chi connectivity index (χ4n) is 5.64. The molecule has 2 aromatic rings. The summed E-state index contributed by atoms with van der Waals surface area (Å²) in [6.45, 7) is 5.96. The summed E-state index contributed by atoms with van der Waals surface area (Å²) < 4.78 is 23.2. The third-order valence-corrected chi connectivity index (χ3v) is 7.96. The van der Waals surface area contributed by atoms with Gasteiger partial charge in [-0.1, -0.05) is 31.4 Å². The second-order valence-electron chi connectivity index (χ2n) is 12.7. The highest BCUT2D eigenvalue weighted by molar-refractivity contribution is 6.01. The fourth-order valence-corrected chi connectivity index (χ4v) is 5.64. The zero-order valence-electron chi connectivity index (χ0n) is 26.8. The Morgan fingerprint density at radius 1 is 1.07 bits per heavy atom. The van der Waals surface area contributed by atoms with Gasteiger partial charge in [-0.25, -0.2) is 10.4 Å². The van der Waals surface area contributed by atoms with Crippen molar-refractivity contribution in [3.05, 3.63) is 59.7 Å². The van der Waals surface area contributed by atoms with Crippen LogP contribution in [0.1, 0.15) is 89.4 Å². The number of aliphatic hydroxyl groups is 2. The van der Waals surface area contributed by atoms with Crippen LogP contribution in [0.2, 0.25) is 0 Å². The minimum Gasteiger partial charge on any atom is -0.497 e. The molecule has 0 saturated heterocycles. The molecule has 1 aliphatic heterocycles. The molecule has 45 heavy (non-hydrogen) atoms. The number of amides is 1. The molecule has 11 nitrogen and oxygen atoms in total. The van der Waals surface area contributed by atoms with Crippen molar-refractivity contribution in [3.63, 3.8) is 0 Å². The van der Waals surface area contributed by atoms with Gasteiger partial charge in [-0.2, -0.15) is 0 Å². The average Bonchev–Trinajstić information content (AvgIpc) is 3.41. The molecular weight excluding hydrogens is 578 g/mol. The Kier molecular flexibility index (Phi) is 11.5. The number of aliphatic imine (C=N–C) groups is 1. The van der Waals surface area contributed by atoms with Gasteiger partial charge in [0, 0.05) is 31.6 Å². The highest BCUT2D eigenvalue weighted by Crippen LogP contribution is 2.44. The van der Waals surface area contributed by atoms with Crippen LogP contribution in [-0.4, -0.2) is 71.6 Å². The number of aliphatic hydroxyl groups excluding tert-OH is 1. The highest BCUT2D eigenvalue weighted by Gasteiger charge is 2.53. The first kappa shape index (κ1) is 34.2. The molecule has 1 fully saturated rings. The molecule has 11 heteroatoms. The Balaban J connectivity index is 1.68. The molecule has 0 spiro atoms. The van der Waals surface area contributed by atoms with Crippen molar-refractivity contribution in [1.29, 1.82) is 0 Å². The molecule has 2 aromatic carbocycles. The van der Waals surface area contributed by atoms with Gasteiger partial charge in [0.15, 0.2) is 11.6 Å². The molecule has 2 atom stereocenters. The van der Waals surface area contributed by atoms with E-state index in [2.05, 4.69) is 10.9 Å². The normalized spacial score (nSPS) is 20.9. The van der Waals surface area contributed by atoms with Crippen LogP contribution < -0.4 is 20.3 Å². The summed E-state index contributed by atoms with van der Waals surface area (Å²) in [6.07, 6.45) is 3.74. The number of nitrogens with zero attached hydrogens (tertiary/aromatic N) is 1. The van der Waals surface area contributed by atoms with Gasteiger partial charge in [-0.05, 0) is 82.0 Å². The van der Waals surface area contributed by atoms with E-state index in [1.165, 1.54) is 0 Å². The van der Waals surface area contributed by atoms with Crippen LogP contribution in [0.4, 0.5) is 0 Å². The van der Waals surface area contributed by atoms with E-state index < -0.39 is 34.7 Å². The Morgan fingerprint density at radius 3 is 2.47 bits per heavy atom. The molecule has 0 bridgehead atoms. The average molecular weight is 626 g/mol. The molecule has 1 aliphatic carbocycles. The number of benzene rings is 2. The second kappa shape index (κ2) is 15.1. The summed E-state index contributed by atoms with van der Waals surface area (Å²) in [6, 6.07) is 14.3. The van der Waals surface area contributed by atoms with E-state index in [1.807, 2.05) is 6.07 Å². The lowest BCUT2D eigenvalue weighted by molar-refractivity contribution is -0.155. The molecule has 1 amide bonds. The van der Waals surface area contributed by atoms with E-state index in [4.69, 9.17) is 29.0 Å². The Hall–Kier alpha value is -3.67. The standard InChI is InChI=1S/C34H47N3O8/c1-32(2,3)45-28(39)16-19-34(31(40)37-35-23-33(41)17-6-5-7-18-33)29(25-10-8-11-27(22-25)42-4)44-30(36-34)24-12-14-26(15-13-24)43-21-9-20-38/h8,10-15,22,29,35,38,41H,5-7,9,16-21,23H2,1-4H3,(H,37,40)/t29-,34-/m0/s1. The number of ether oxygens (including phenoxy) is 4.